The summed E-state index contributed by atoms with van der Waals surface area (Å²) in [4.78, 5) is 12.5. The Balaban J connectivity index is 1.97. The molecule has 2 heterocycles. The Bertz CT molecular complexity index is 497. The van der Waals surface area contributed by atoms with E-state index in [1.165, 1.54) is 0 Å². The number of nitrogens with zero attached hydrogens (tertiary/aromatic N) is 4. The number of aromatic nitrogens is 4. The van der Waals surface area contributed by atoms with Gasteiger partial charge < -0.3 is 10.3 Å². The summed E-state index contributed by atoms with van der Waals surface area (Å²) in [6.45, 7) is 4.10. The highest BCUT2D eigenvalue weighted by molar-refractivity contribution is 5.45. The van der Waals surface area contributed by atoms with E-state index in [0.29, 0.717) is 17.4 Å². The van der Waals surface area contributed by atoms with Crippen molar-refractivity contribution in [3.8, 4) is 11.5 Å². The van der Waals surface area contributed by atoms with Crippen molar-refractivity contribution in [2.75, 3.05) is 0 Å². The average molecular weight is 261 g/mol. The molecule has 0 aliphatic carbocycles. The molecule has 6 heteroatoms. The summed E-state index contributed by atoms with van der Waals surface area (Å²) < 4.78 is 5.28. The lowest BCUT2D eigenvalue weighted by molar-refractivity contribution is 0.349. The molecule has 102 valence electrons. The second-order valence-electron chi connectivity index (χ2n) is 4.86. The molecule has 0 saturated carbocycles. The fourth-order valence-electron chi connectivity index (χ4n) is 1.82. The van der Waals surface area contributed by atoms with Crippen molar-refractivity contribution in [3.63, 3.8) is 0 Å². The van der Waals surface area contributed by atoms with Crippen molar-refractivity contribution in [2.45, 2.75) is 45.1 Å². The molecule has 0 bridgehead atoms. The molecule has 0 fully saturated rings. The molecule has 2 aromatic rings. The summed E-state index contributed by atoms with van der Waals surface area (Å²) >= 11 is 0. The highest BCUT2D eigenvalue weighted by Gasteiger charge is 2.15. The van der Waals surface area contributed by atoms with Gasteiger partial charge in [-0.1, -0.05) is 18.5 Å². The molecule has 0 aromatic carbocycles. The first kappa shape index (κ1) is 13.6. The topological polar surface area (TPSA) is 90.7 Å². The average Bonchev–Trinajstić information content (AvgIpc) is 2.89. The van der Waals surface area contributed by atoms with Crippen LogP contribution in [-0.4, -0.2) is 26.2 Å². The third-order valence-electron chi connectivity index (χ3n) is 2.95. The molecule has 2 N–H and O–H groups in total. The Kier molecular flexibility index (Phi) is 4.57. The van der Waals surface area contributed by atoms with E-state index in [1.54, 1.807) is 18.6 Å². The Hall–Kier alpha value is -1.82. The van der Waals surface area contributed by atoms with Crippen LogP contribution in [0.3, 0.4) is 0 Å². The summed E-state index contributed by atoms with van der Waals surface area (Å²) in [6, 6.07) is 0.241. The first-order valence-corrected chi connectivity index (χ1v) is 6.52. The monoisotopic (exact) mass is 261 g/mol. The number of hydrogen-bond acceptors (Lipinski definition) is 6. The van der Waals surface area contributed by atoms with Crippen molar-refractivity contribution in [2.24, 2.45) is 5.73 Å². The van der Waals surface area contributed by atoms with Crippen LogP contribution in [-0.2, 0) is 0 Å². The van der Waals surface area contributed by atoms with Crippen molar-refractivity contribution < 1.29 is 4.52 Å². The minimum absolute atomic E-state index is 0.233. The third kappa shape index (κ3) is 3.82. The minimum atomic E-state index is 0.233. The van der Waals surface area contributed by atoms with Crippen LogP contribution in [0.25, 0.3) is 11.5 Å². The Morgan fingerprint density at radius 2 is 2.11 bits per heavy atom. The fourth-order valence-corrected chi connectivity index (χ4v) is 1.82. The van der Waals surface area contributed by atoms with Crippen LogP contribution in [0.1, 0.15) is 44.9 Å². The van der Waals surface area contributed by atoms with Crippen LogP contribution in [0.4, 0.5) is 0 Å². The zero-order chi connectivity index (χ0) is 13.7. The molecule has 0 radical (unpaired) electrons. The molecule has 0 spiro atoms. The van der Waals surface area contributed by atoms with Gasteiger partial charge in [-0.25, -0.2) is 4.98 Å². The first-order valence-electron chi connectivity index (χ1n) is 6.52. The molecule has 2 atom stereocenters. The predicted molar refractivity (Wildman–Crippen MR) is 71.2 cm³/mol. The van der Waals surface area contributed by atoms with Crippen LogP contribution < -0.4 is 5.73 Å². The van der Waals surface area contributed by atoms with Crippen LogP contribution in [0.5, 0.6) is 0 Å². The fraction of sp³-hybridized carbons (Fsp3) is 0.538. The Labute approximate surface area is 112 Å². The van der Waals surface area contributed by atoms with Crippen LogP contribution in [0.15, 0.2) is 23.1 Å². The largest absolute Gasteiger partial charge is 0.339 e. The van der Waals surface area contributed by atoms with Crippen molar-refractivity contribution in [1.82, 2.24) is 20.1 Å². The van der Waals surface area contributed by atoms with Gasteiger partial charge in [-0.3, -0.25) is 4.98 Å². The molecule has 2 aromatic heterocycles. The molecule has 0 saturated heterocycles. The molecule has 0 aliphatic heterocycles. The smallest absolute Gasteiger partial charge is 0.229 e. The SMILES string of the molecule is CC(N)CCCC(C)c1nc(-c2cnccn2)no1. The van der Waals surface area contributed by atoms with Crippen LogP contribution >= 0.6 is 0 Å². The second-order valence-corrected chi connectivity index (χ2v) is 4.86. The number of rotatable bonds is 6. The highest BCUT2D eigenvalue weighted by atomic mass is 16.5. The lowest BCUT2D eigenvalue weighted by atomic mass is 10.0. The summed E-state index contributed by atoms with van der Waals surface area (Å²) in [5, 5.41) is 3.94. The van der Waals surface area contributed by atoms with E-state index in [1.807, 2.05) is 6.92 Å². The third-order valence-corrected chi connectivity index (χ3v) is 2.95. The summed E-state index contributed by atoms with van der Waals surface area (Å²) in [7, 11) is 0. The van der Waals surface area contributed by atoms with E-state index >= 15 is 0 Å². The van der Waals surface area contributed by atoms with Crippen LogP contribution in [0, 0.1) is 0 Å². The van der Waals surface area contributed by atoms with Gasteiger partial charge in [0.25, 0.3) is 0 Å². The molecular weight excluding hydrogens is 242 g/mol. The van der Waals surface area contributed by atoms with E-state index in [-0.39, 0.29) is 12.0 Å². The lowest BCUT2D eigenvalue weighted by Crippen LogP contribution is -2.14. The quantitative estimate of drug-likeness (QED) is 0.856. The van der Waals surface area contributed by atoms with Crippen molar-refractivity contribution >= 4 is 0 Å². The minimum Gasteiger partial charge on any atom is -0.339 e. The van der Waals surface area contributed by atoms with Gasteiger partial charge in [-0.15, -0.1) is 0 Å². The van der Waals surface area contributed by atoms with Gasteiger partial charge in [-0.2, -0.15) is 4.98 Å². The van der Waals surface area contributed by atoms with E-state index in [9.17, 15) is 0 Å². The van der Waals surface area contributed by atoms with Gasteiger partial charge in [0.2, 0.25) is 11.7 Å². The summed E-state index contributed by atoms with van der Waals surface area (Å²) in [6.07, 6.45) is 7.90. The molecule has 2 rings (SSSR count). The summed E-state index contributed by atoms with van der Waals surface area (Å²) in [5.74, 6) is 1.36. The van der Waals surface area contributed by atoms with Gasteiger partial charge in [0.1, 0.15) is 5.69 Å². The van der Waals surface area contributed by atoms with Crippen molar-refractivity contribution in [3.05, 3.63) is 24.5 Å². The maximum Gasteiger partial charge on any atom is 0.229 e. The zero-order valence-corrected chi connectivity index (χ0v) is 11.3. The predicted octanol–water partition coefficient (Wildman–Crippen LogP) is 2.15. The molecular formula is C13H19N5O. The molecule has 19 heavy (non-hydrogen) atoms. The molecule has 0 amide bonds. The maximum atomic E-state index is 5.73. The van der Waals surface area contributed by atoms with E-state index in [0.717, 1.165) is 19.3 Å². The van der Waals surface area contributed by atoms with Gasteiger partial charge >= 0.3 is 0 Å². The highest BCUT2D eigenvalue weighted by Crippen LogP contribution is 2.22. The standard InChI is InChI=1S/C13H19N5O/c1-9(4-3-5-10(2)14)13-17-12(18-19-13)11-8-15-6-7-16-11/h6-10H,3-5,14H2,1-2H3. The van der Waals surface area contributed by atoms with Gasteiger partial charge in [0.15, 0.2) is 0 Å². The van der Waals surface area contributed by atoms with Gasteiger partial charge in [0, 0.05) is 24.4 Å². The van der Waals surface area contributed by atoms with E-state index in [4.69, 9.17) is 10.3 Å². The van der Waals surface area contributed by atoms with E-state index < -0.39 is 0 Å². The summed E-state index contributed by atoms with van der Waals surface area (Å²) in [5.41, 5.74) is 6.36. The van der Waals surface area contributed by atoms with Crippen molar-refractivity contribution in [1.29, 1.82) is 0 Å². The molecule has 6 nitrogen and oxygen atoms in total. The second kappa shape index (κ2) is 6.38. The van der Waals surface area contributed by atoms with Gasteiger partial charge in [0.05, 0.1) is 6.20 Å². The lowest BCUT2D eigenvalue weighted by Gasteiger charge is -2.07. The molecule has 0 aliphatic rings. The maximum absolute atomic E-state index is 5.73. The number of hydrogen-bond donors (Lipinski definition) is 1. The van der Waals surface area contributed by atoms with E-state index in [2.05, 4.69) is 27.0 Å². The number of nitrogens with two attached hydrogens (primary N) is 1. The molecule has 2 unspecified atom stereocenters. The zero-order valence-electron chi connectivity index (χ0n) is 11.3. The Morgan fingerprint density at radius 3 is 2.79 bits per heavy atom. The Morgan fingerprint density at radius 1 is 1.26 bits per heavy atom. The first-order chi connectivity index (χ1) is 9.16. The van der Waals surface area contributed by atoms with Gasteiger partial charge in [-0.05, 0) is 19.8 Å². The normalized spacial score (nSPS) is 14.3. The van der Waals surface area contributed by atoms with Crippen LogP contribution in [0.2, 0.25) is 0 Å².